The number of fused-ring (bicyclic) bond motifs is 1. The summed E-state index contributed by atoms with van der Waals surface area (Å²) in [4.78, 5) is 27.2. The van der Waals surface area contributed by atoms with Crippen molar-refractivity contribution in [1.82, 2.24) is 15.0 Å². The maximum absolute atomic E-state index is 12.0. The summed E-state index contributed by atoms with van der Waals surface area (Å²) in [5.74, 6) is 1.08. The van der Waals surface area contributed by atoms with E-state index in [0.717, 1.165) is 53.1 Å². The smallest absolute Gasteiger partial charge is 0.240 e. The molecule has 1 aliphatic rings. The second kappa shape index (κ2) is 7.05. The topological polar surface area (TPSA) is 87.9 Å². The molecule has 0 radical (unpaired) electrons. The number of hydrogen-bond donors (Lipinski definition) is 2. The second-order valence-electron chi connectivity index (χ2n) is 7.30. The summed E-state index contributed by atoms with van der Waals surface area (Å²) in [7, 11) is 0. The van der Waals surface area contributed by atoms with Crippen LogP contribution in [0.4, 0.5) is 5.82 Å². The van der Waals surface area contributed by atoms with Crippen molar-refractivity contribution in [3.63, 3.8) is 0 Å². The number of H-pyrrole nitrogens is 1. The largest absolute Gasteiger partial charge is 0.368 e. The first-order valence-corrected chi connectivity index (χ1v) is 9.78. The third-order valence-electron chi connectivity index (χ3n) is 5.44. The summed E-state index contributed by atoms with van der Waals surface area (Å²) in [5, 5.41) is 0.900. The molecule has 6 nitrogen and oxygen atoms in total. The van der Waals surface area contributed by atoms with Crippen LogP contribution in [0.2, 0.25) is 0 Å². The Bertz CT molecular complexity index is 1170. The molecule has 1 amide bonds. The molecule has 0 unspecified atom stereocenters. The molecule has 0 aliphatic carbocycles. The van der Waals surface area contributed by atoms with Gasteiger partial charge in [0.15, 0.2) is 5.82 Å². The van der Waals surface area contributed by atoms with E-state index in [-0.39, 0.29) is 11.9 Å². The Morgan fingerprint density at radius 3 is 2.38 bits per heavy atom. The summed E-state index contributed by atoms with van der Waals surface area (Å²) in [6, 6.07) is 21.7. The van der Waals surface area contributed by atoms with Crippen LogP contribution in [-0.4, -0.2) is 33.4 Å². The quantitative estimate of drug-likeness (QED) is 0.562. The molecular formula is C23H21N5O. The summed E-state index contributed by atoms with van der Waals surface area (Å²) >= 11 is 0. The zero-order valence-corrected chi connectivity index (χ0v) is 15.9. The lowest BCUT2D eigenvalue weighted by atomic mass is 10.1. The first-order valence-electron chi connectivity index (χ1n) is 9.78. The van der Waals surface area contributed by atoms with Gasteiger partial charge in [-0.15, -0.1) is 0 Å². The number of benzene rings is 2. The van der Waals surface area contributed by atoms with E-state index in [4.69, 9.17) is 15.7 Å². The van der Waals surface area contributed by atoms with Gasteiger partial charge in [-0.25, -0.2) is 9.97 Å². The zero-order valence-electron chi connectivity index (χ0n) is 15.9. The number of anilines is 1. The Kier molecular flexibility index (Phi) is 4.24. The number of carbonyl (C=O) groups excluding carboxylic acids is 1. The van der Waals surface area contributed by atoms with Crippen LogP contribution in [0.25, 0.3) is 33.7 Å². The van der Waals surface area contributed by atoms with Crippen molar-refractivity contribution in [3.8, 4) is 22.6 Å². The number of amides is 1. The SMILES string of the molecule is NC(=O)[C@H]1CCCN1c1nc(-c2ccccc2)nc2[nH]c(-c3ccccc3)cc12. The molecule has 2 aromatic heterocycles. The van der Waals surface area contributed by atoms with Gasteiger partial charge >= 0.3 is 0 Å². The van der Waals surface area contributed by atoms with Crippen LogP contribution in [0.1, 0.15) is 12.8 Å². The molecular weight excluding hydrogens is 362 g/mol. The number of nitrogens with two attached hydrogens (primary N) is 1. The maximum Gasteiger partial charge on any atom is 0.240 e. The Balaban J connectivity index is 1.72. The van der Waals surface area contributed by atoms with Crippen molar-refractivity contribution in [2.45, 2.75) is 18.9 Å². The zero-order chi connectivity index (χ0) is 19.8. The first kappa shape index (κ1) is 17.4. The highest BCUT2D eigenvalue weighted by Crippen LogP contribution is 2.34. The van der Waals surface area contributed by atoms with Gasteiger partial charge in [-0.05, 0) is 24.5 Å². The van der Waals surface area contributed by atoms with Crippen LogP contribution in [-0.2, 0) is 4.79 Å². The maximum atomic E-state index is 12.0. The Hall–Kier alpha value is -3.67. The van der Waals surface area contributed by atoms with Gasteiger partial charge < -0.3 is 15.6 Å². The predicted octanol–water partition coefficient (Wildman–Crippen LogP) is 3.75. The summed E-state index contributed by atoms with van der Waals surface area (Å²) < 4.78 is 0. The van der Waals surface area contributed by atoms with Gasteiger partial charge in [0.05, 0.1) is 5.39 Å². The van der Waals surface area contributed by atoms with Gasteiger partial charge in [0.1, 0.15) is 17.5 Å². The lowest BCUT2D eigenvalue weighted by molar-refractivity contribution is -0.119. The molecule has 4 aromatic rings. The average molecular weight is 383 g/mol. The van der Waals surface area contributed by atoms with Crippen molar-refractivity contribution in [2.75, 3.05) is 11.4 Å². The second-order valence-corrected chi connectivity index (χ2v) is 7.30. The fraction of sp³-hybridized carbons (Fsp3) is 0.174. The van der Waals surface area contributed by atoms with Crippen LogP contribution >= 0.6 is 0 Å². The third kappa shape index (κ3) is 3.12. The lowest BCUT2D eigenvalue weighted by Crippen LogP contribution is -2.40. The Morgan fingerprint density at radius 1 is 1.00 bits per heavy atom. The molecule has 144 valence electrons. The molecule has 29 heavy (non-hydrogen) atoms. The van der Waals surface area contributed by atoms with E-state index in [0.29, 0.717) is 5.82 Å². The van der Waals surface area contributed by atoms with E-state index in [1.807, 2.05) is 53.4 Å². The number of aromatic nitrogens is 3. The molecule has 3 heterocycles. The van der Waals surface area contributed by atoms with Crippen molar-refractivity contribution in [1.29, 1.82) is 0 Å². The Labute approximate surface area is 168 Å². The van der Waals surface area contributed by atoms with Gasteiger partial charge in [-0.3, -0.25) is 4.79 Å². The summed E-state index contributed by atoms with van der Waals surface area (Å²) in [6.45, 7) is 0.750. The molecule has 1 aliphatic heterocycles. The molecule has 0 bridgehead atoms. The molecule has 3 N–H and O–H groups in total. The normalized spacial score (nSPS) is 16.4. The van der Waals surface area contributed by atoms with E-state index in [1.54, 1.807) is 0 Å². The van der Waals surface area contributed by atoms with Crippen LogP contribution in [0, 0.1) is 0 Å². The van der Waals surface area contributed by atoms with Crippen molar-refractivity contribution in [2.24, 2.45) is 5.73 Å². The van der Waals surface area contributed by atoms with Crippen LogP contribution < -0.4 is 10.6 Å². The molecule has 1 saturated heterocycles. The van der Waals surface area contributed by atoms with Gasteiger partial charge in [0.2, 0.25) is 5.91 Å². The third-order valence-corrected chi connectivity index (χ3v) is 5.44. The molecule has 0 saturated carbocycles. The van der Waals surface area contributed by atoms with E-state index >= 15 is 0 Å². The number of hydrogen-bond acceptors (Lipinski definition) is 4. The van der Waals surface area contributed by atoms with Crippen LogP contribution in [0.15, 0.2) is 66.7 Å². The average Bonchev–Trinajstić information content (AvgIpc) is 3.41. The van der Waals surface area contributed by atoms with Crippen molar-refractivity contribution in [3.05, 3.63) is 66.7 Å². The lowest BCUT2D eigenvalue weighted by Gasteiger charge is -2.24. The molecule has 2 aromatic carbocycles. The standard InChI is InChI=1S/C23H21N5O/c24-20(29)19-12-7-13-28(19)23-17-14-18(15-8-3-1-4-9-15)25-22(17)26-21(27-23)16-10-5-2-6-11-16/h1-6,8-11,14,19H,7,12-13H2,(H2,24,29)(H,25,26,27)/t19-/m1/s1. The number of nitrogens with zero attached hydrogens (tertiary/aromatic N) is 3. The number of rotatable bonds is 4. The number of nitrogens with one attached hydrogen (secondary N) is 1. The number of carbonyl (C=O) groups is 1. The molecule has 1 fully saturated rings. The summed E-state index contributed by atoms with van der Waals surface area (Å²) in [6.07, 6.45) is 1.66. The van der Waals surface area contributed by atoms with Gasteiger partial charge in [-0.1, -0.05) is 60.7 Å². The van der Waals surface area contributed by atoms with E-state index in [1.165, 1.54) is 0 Å². The Morgan fingerprint density at radius 2 is 1.69 bits per heavy atom. The van der Waals surface area contributed by atoms with Gasteiger partial charge in [-0.2, -0.15) is 0 Å². The molecule has 0 spiro atoms. The number of primary amides is 1. The summed E-state index contributed by atoms with van der Waals surface area (Å²) in [5.41, 5.74) is 9.41. The van der Waals surface area contributed by atoms with E-state index < -0.39 is 0 Å². The number of aromatic amines is 1. The highest BCUT2D eigenvalue weighted by Gasteiger charge is 2.32. The highest BCUT2D eigenvalue weighted by atomic mass is 16.1. The van der Waals surface area contributed by atoms with Gasteiger partial charge in [0, 0.05) is 17.8 Å². The van der Waals surface area contributed by atoms with Crippen molar-refractivity contribution >= 4 is 22.8 Å². The van der Waals surface area contributed by atoms with Crippen LogP contribution in [0.5, 0.6) is 0 Å². The van der Waals surface area contributed by atoms with Crippen LogP contribution in [0.3, 0.4) is 0 Å². The minimum Gasteiger partial charge on any atom is -0.368 e. The fourth-order valence-corrected chi connectivity index (χ4v) is 4.02. The van der Waals surface area contributed by atoms with E-state index in [2.05, 4.69) is 23.2 Å². The predicted molar refractivity (Wildman–Crippen MR) is 114 cm³/mol. The first-order chi connectivity index (χ1) is 14.2. The monoisotopic (exact) mass is 383 g/mol. The minimum absolute atomic E-state index is 0.311. The van der Waals surface area contributed by atoms with Gasteiger partial charge in [0.25, 0.3) is 0 Å². The van der Waals surface area contributed by atoms with Crippen molar-refractivity contribution < 1.29 is 4.79 Å². The minimum atomic E-state index is -0.341. The van der Waals surface area contributed by atoms with E-state index in [9.17, 15) is 4.79 Å². The molecule has 6 heteroatoms. The molecule has 5 rings (SSSR count). The fourth-order valence-electron chi connectivity index (χ4n) is 4.02. The molecule has 1 atom stereocenters. The highest BCUT2D eigenvalue weighted by molar-refractivity contribution is 5.95.